The lowest BCUT2D eigenvalue weighted by Crippen LogP contribution is -2.24. The zero-order chi connectivity index (χ0) is 15.8. The first kappa shape index (κ1) is 17.8. The van der Waals surface area contributed by atoms with E-state index >= 15 is 0 Å². The summed E-state index contributed by atoms with van der Waals surface area (Å²) in [5.41, 5.74) is 0. The number of carboxylic acids is 1. The minimum absolute atomic E-state index is 0.174. The predicted molar refractivity (Wildman–Crippen MR) is 69.5 cm³/mol. The second-order valence-corrected chi connectivity index (χ2v) is 4.45. The second kappa shape index (κ2) is 8.93. The molecular formula is C13H22O8. The van der Waals surface area contributed by atoms with Crippen LogP contribution in [0.4, 0.5) is 0 Å². The summed E-state index contributed by atoms with van der Waals surface area (Å²) >= 11 is 0. The van der Waals surface area contributed by atoms with E-state index in [2.05, 4.69) is 4.74 Å². The molecule has 0 radical (unpaired) electrons. The normalized spacial score (nSPS) is 31.4. The maximum absolute atomic E-state index is 10.8. The Morgan fingerprint density at radius 3 is 1.86 bits per heavy atom. The number of ether oxygens (including phenoxy) is 5. The van der Waals surface area contributed by atoms with Crippen molar-refractivity contribution in [2.45, 2.75) is 51.5 Å². The zero-order valence-electron chi connectivity index (χ0n) is 12.4. The van der Waals surface area contributed by atoms with Crippen LogP contribution in [0.5, 0.6) is 0 Å². The van der Waals surface area contributed by atoms with Gasteiger partial charge >= 0.3 is 11.9 Å². The highest BCUT2D eigenvalue weighted by Crippen LogP contribution is 2.15. The van der Waals surface area contributed by atoms with Crippen molar-refractivity contribution >= 4 is 11.9 Å². The molecule has 8 heteroatoms. The fraction of sp³-hybridized carbons (Fsp3) is 0.846. The minimum atomic E-state index is -0.948. The lowest BCUT2D eigenvalue weighted by Gasteiger charge is -2.06. The van der Waals surface area contributed by atoms with Gasteiger partial charge in [0.05, 0.1) is 20.3 Å². The average molecular weight is 306 g/mol. The standard InChI is InChI=1S/C7H12O4.C6H10O4/c1-3-6-10-4-5(11-6)7(8)9-2;1-2-5-9-3-4(10-5)6(7)8/h5-6H,3-4H2,1-2H3;4-5H,2-3H2,1H3,(H,7,8)/t5-,6-;4-,5-/m11/s1. The van der Waals surface area contributed by atoms with Crippen LogP contribution in [-0.2, 0) is 33.3 Å². The molecule has 2 fully saturated rings. The summed E-state index contributed by atoms with van der Waals surface area (Å²) in [6.07, 6.45) is -0.382. The molecule has 2 aliphatic rings. The number of carboxylic acid groups (broad SMARTS) is 1. The van der Waals surface area contributed by atoms with Gasteiger partial charge in [0.1, 0.15) is 0 Å². The van der Waals surface area contributed by atoms with Crippen LogP contribution in [0.25, 0.3) is 0 Å². The Bertz CT molecular complexity index is 345. The third-order valence-electron chi connectivity index (χ3n) is 2.91. The van der Waals surface area contributed by atoms with Crippen molar-refractivity contribution in [1.82, 2.24) is 0 Å². The molecule has 21 heavy (non-hydrogen) atoms. The predicted octanol–water partition coefficient (Wildman–Crippen LogP) is 0.533. The molecule has 2 aliphatic heterocycles. The lowest BCUT2D eigenvalue weighted by atomic mass is 10.4. The molecule has 0 aromatic heterocycles. The molecule has 2 heterocycles. The third kappa shape index (κ3) is 5.58. The van der Waals surface area contributed by atoms with Crippen molar-refractivity contribution in [2.24, 2.45) is 0 Å². The van der Waals surface area contributed by atoms with E-state index in [1.807, 2.05) is 13.8 Å². The first-order chi connectivity index (χ1) is 10.0. The Kier molecular flexibility index (Phi) is 7.58. The average Bonchev–Trinajstić information content (AvgIpc) is 3.15. The Hall–Kier alpha value is -1.22. The first-order valence-electron chi connectivity index (χ1n) is 6.86. The van der Waals surface area contributed by atoms with Crippen molar-refractivity contribution in [1.29, 1.82) is 0 Å². The van der Waals surface area contributed by atoms with Crippen molar-refractivity contribution in [3.63, 3.8) is 0 Å². The quantitative estimate of drug-likeness (QED) is 0.751. The van der Waals surface area contributed by atoms with Crippen LogP contribution in [0.3, 0.4) is 0 Å². The van der Waals surface area contributed by atoms with Gasteiger partial charge in [0, 0.05) is 0 Å². The molecule has 0 unspecified atom stereocenters. The molecule has 0 aromatic rings. The van der Waals surface area contributed by atoms with Crippen LogP contribution in [0.15, 0.2) is 0 Å². The van der Waals surface area contributed by atoms with E-state index in [1.165, 1.54) is 7.11 Å². The van der Waals surface area contributed by atoms with Gasteiger partial charge in [-0.3, -0.25) is 0 Å². The summed E-state index contributed by atoms with van der Waals surface area (Å²) < 4.78 is 24.7. The molecule has 0 spiro atoms. The van der Waals surface area contributed by atoms with Crippen LogP contribution in [0.2, 0.25) is 0 Å². The summed E-state index contributed by atoms with van der Waals surface area (Å²) in [6.45, 7) is 4.30. The van der Waals surface area contributed by atoms with E-state index in [4.69, 9.17) is 24.1 Å². The first-order valence-corrected chi connectivity index (χ1v) is 6.86. The van der Waals surface area contributed by atoms with E-state index in [9.17, 15) is 9.59 Å². The summed E-state index contributed by atoms with van der Waals surface area (Å²) in [7, 11) is 1.34. The molecule has 0 aliphatic carbocycles. The van der Waals surface area contributed by atoms with E-state index in [0.29, 0.717) is 13.0 Å². The van der Waals surface area contributed by atoms with E-state index in [0.717, 1.165) is 6.42 Å². The van der Waals surface area contributed by atoms with Crippen LogP contribution in [0.1, 0.15) is 26.7 Å². The number of hydrogen-bond acceptors (Lipinski definition) is 7. The molecule has 4 atom stereocenters. The summed E-state index contributed by atoms with van der Waals surface area (Å²) in [5, 5.41) is 8.42. The maximum atomic E-state index is 10.8. The van der Waals surface area contributed by atoms with Gasteiger partial charge in [0.2, 0.25) is 0 Å². The molecule has 0 aromatic carbocycles. The topological polar surface area (TPSA) is 101 Å². The maximum Gasteiger partial charge on any atom is 0.337 e. The Labute approximate surface area is 123 Å². The molecule has 0 saturated carbocycles. The largest absolute Gasteiger partial charge is 0.479 e. The Morgan fingerprint density at radius 1 is 1.05 bits per heavy atom. The van der Waals surface area contributed by atoms with Crippen molar-refractivity contribution < 1.29 is 38.4 Å². The number of carbonyl (C=O) groups is 2. The van der Waals surface area contributed by atoms with Crippen LogP contribution >= 0.6 is 0 Å². The molecule has 2 rings (SSSR count). The second-order valence-electron chi connectivity index (χ2n) is 4.45. The summed E-state index contributed by atoms with van der Waals surface area (Å²) in [4.78, 5) is 21.1. The van der Waals surface area contributed by atoms with Gasteiger partial charge in [-0.15, -0.1) is 0 Å². The highest BCUT2D eigenvalue weighted by atomic mass is 16.7. The molecule has 8 nitrogen and oxygen atoms in total. The number of rotatable bonds is 4. The minimum Gasteiger partial charge on any atom is -0.479 e. The van der Waals surface area contributed by atoms with Gasteiger partial charge in [-0.05, 0) is 12.8 Å². The van der Waals surface area contributed by atoms with E-state index < -0.39 is 18.2 Å². The summed E-state index contributed by atoms with van der Waals surface area (Å²) in [6, 6.07) is 0. The van der Waals surface area contributed by atoms with Gasteiger partial charge in [-0.25, -0.2) is 9.59 Å². The van der Waals surface area contributed by atoms with Crippen LogP contribution < -0.4 is 0 Å². The van der Waals surface area contributed by atoms with Crippen molar-refractivity contribution in [3.05, 3.63) is 0 Å². The molecule has 1 N–H and O–H groups in total. The van der Waals surface area contributed by atoms with Crippen molar-refractivity contribution in [2.75, 3.05) is 20.3 Å². The number of esters is 1. The highest BCUT2D eigenvalue weighted by molar-refractivity contribution is 5.74. The van der Waals surface area contributed by atoms with Crippen molar-refractivity contribution in [3.8, 4) is 0 Å². The fourth-order valence-electron chi connectivity index (χ4n) is 1.73. The van der Waals surface area contributed by atoms with E-state index in [1.54, 1.807) is 0 Å². The number of methoxy groups -OCH3 is 1. The number of carbonyl (C=O) groups excluding carboxylic acids is 1. The lowest BCUT2D eigenvalue weighted by molar-refractivity contribution is -0.154. The van der Waals surface area contributed by atoms with Gasteiger partial charge in [0.25, 0.3) is 0 Å². The third-order valence-corrected chi connectivity index (χ3v) is 2.91. The van der Waals surface area contributed by atoms with E-state index in [-0.39, 0.29) is 25.2 Å². The van der Waals surface area contributed by atoms with Crippen LogP contribution in [-0.4, -0.2) is 62.2 Å². The van der Waals surface area contributed by atoms with Crippen LogP contribution in [0, 0.1) is 0 Å². The smallest absolute Gasteiger partial charge is 0.337 e. The zero-order valence-corrected chi connectivity index (χ0v) is 12.4. The summed E-state index contributed by atoms with van der Waals surface area (Å²) in [5.74, 6) is -1.31. The van der Waals surface area contributed by atoms with Gasteiger partial charge in [-0.2, -0.15) is 0 Å². The Balaban J connectivity index is 0.000000211. The van der Waals surface area contributed by atoms with Gasteiger partial charge in [-0.1, -0.05) is 13.8 Å². The Morgan fingerprint density at radius 2 is 1.52 bits per heavy atom. The highest BCUT2D eigenvalue weighted by Gasteiger charge is 2.31. The van der Waals surface area contributed by atoms with Gasteiger partial charge < -0.3 is 28.8 Å². The molecular weight excluding hydrogens is 284 g/mol. The molecule has 2 saturated heterocycles. The fourth-order valence-corrected chi connectivity index (χ4v) is 1.73. The number of hydrogen-bond donors (Lipinski definition) is 1. The number of aliphatic carboxylic acids is 1. The van der Waals surface area contributed by atoms with Gasteiger partial charge in [0.15, 0.2) is 24.8 Å². The molecule has 122 valence electrons. The SMILES string of the molecule is CC[C@@H]1OC[C@H](C(=O)O)O1.CC[C@@H]1OC[C@H](C(=O)OC)O1. The monoisotopic (exact) mass is 306 g/mol. The molecule has 0 bridgehead atoms. The molecule has 0 amide bonds.